The second-order valence-corrected chi connectivity index (χ2v) is 3.98. The highest BCUT2D eigenvalue weighted by Gasteiger charge is 2.09. The van der Waals surface area contributed by atoms with Gasteiger partial charge in [0, 0.05) is 0 Å². The average molecular weight is 208 g/mol. The van der Waals surface area contributed by atoms with E-state index in [2.05, 4.69) is 12.1 Å². The first-order valence-corrected chi connectivity index (χ1v) is 5.62. The van der Waals surface area contributed by atoms with Gasteiger partial charge in [-0.3, -0.25) is 0 Å². The Labute approximate surface area is 91.6 Å². The lowest BCUT2D eigenvalue weighted by Gasteiger charge is -2.13. The molecule has 1 aromatic carbocycles. The molecule has 1 rings (SSSR count). The van der Waals surface area contributed by atoms with Crippen LogP contribution in [0, 0.1) is 0 Å². The summed E-state index contributed by atoms with van der Waals surface area (Å²) in [6.45, 7) is 1.93. The van der Waals surface area contributed by atoms with Gasteiger partial charge in [-0.2, -0.15) is 0 Å². The van der Waals surface area contributed by atoms with Crippen LogP contribution in [0.25, 0.3) is 0 Å². The van der Waals surface area contributed by atoms with Gasteiger partial charge in [0.05, 0.1) is 12.2 Å². The Bertz CT molecular complexity index is 258. The number of aliphatic hydroxyl groups excluding tert-OH is 2. The summed E-state index contributed by atoms with van der Waals surface area (Å²) in [7, 11) is 0. The van der Waals surface area contributed by atoms with Crippen molar-refractivity contribution in [3.8, 4) is 0 Å². The van der Waals surface area contributed by atoms with E-state index in [1.807, 2.05) is 25.1 Å². The Balaban J connectivity index is 2.25. The third kappa shape index (κ3) is 4.96. The Kier molecular flexibility index (Phi) is 5.37. The molecule has 2 nitrogen and oxygen atoms in total. The molecule has 0 aliphatic heterocycles. The van der Waals surface area contributed by atoms with Gasteiger partial charge >= 0.3 is 0 Å². The zero-order valence-electron chi connectivity index (χ0n) is 9.26. The van der Waals surface area contributed by atoms with Gasteiger partial charge < -0.3 is 10.2 Å². The highest BCUT2D eigenvalue weighted by Crippen LogP contribution is 2.10. The molecule has 0 radical (unpaired) electrons. The van der Waals surface area contributed by atoms with E-state index in [1.54, 1.807) is 0 Å². The number of rotatable bonds is 6. The molecule has 2 N–H and O–H groups in total. The summed E-state index contributed by atoms with van der Waals surface area (Å²) in [4.78, 5) is 0. The zero-order chi connectivity index (χ0) is 11.1. The first kappa shape index (κ1) is 12.2. The van der Waals surface area contributed by atoms with Crippen molar-refractivity contribution in [2.24, 2.45) is 0 Å². The summed E-state index contributed by atoms with van der Waals surface area (Å²) < 4.78 is 0. The van der Waals surface area contributed by atoms with E-state index in [0.29, 0.717) is 12.8 Å². The lowest BCUT2D eigenvalue weighted by Crippen LogP contribution is -2.17. The predicted molar refractivity (Wildman–Crippen MR) is 61.7 cm³/mol. The molecule has 0 saturated heterocycles. The molecule has 2 atom stereocenters. The Hall–Kier alpha value is -0.860. The fourth-order valence-electron chi connectivity index (χ4n) is 1.58. The molecule has 15 heavy (non-hydrogen) atoms. The number of benzene rings is 1. The minimum Gasteiger partial charge on any atom is -0.393 e. The van der Waals surface area contributed by atoms with Crippen molar-refractivity contribution in [3.63, 3.8) is 0 Å². The Morgan fingerprint density at radius 3 is 2.33 bits per heavy atom. The standard InChI is InChI=1S/C13H20O2/c1-2-12(14)10-13(15)9-8-11-6-4-3-5-7-11/h3-7,12-15H,2,8-10H2,1H3. The van der Waals surface area contributed by atoms with Crippen LogP contribution in [0.3, 0.4) is 0 Å². The summed E-state index contributed by atoms with van der Waals surface area (Å²) in [6, 6.07) is 10.1. The van der Waals surface area contributed by atoms with E-state index in [9.17, 15) is 10.2 Å². The molecule has 0 spiro atoms. The van der Waals surface area contributed by atoms with E-state index in [-0.39, 0.29) is 12.2 Å². The van der Waals surface area contributed by atoms with Gasteiger partial charge in [-0.05, 0) is 31.2 Å². The molecule has 0 heterocycles. The van der Waals surface area contributed by atoms with Crippen LogP contribution in [0.2, 0.25) is 0 Å². The van der Waals surface area contributed by atoms with Crippen LogP contribution in [0.4, 0.5) is 0 Å². The van der Waals surface area contributed by atoms with Gasteiger partial charge in [0.15, 0.2) is 0 Å². The highest BCUT2D eigenvalue weighted by atomic mass is 16.3. The van der Waals surface area contributed by atoms with Gasteiger partial charge in [-0.1, -0.05) is 37.3 Å². The third-order valence-electron chi connectivity index (χ3n) is 2.62. The molecule has 0 bridgehead atoms. The minimum absolute atomic E-state index is 0.365. The lowest BCUT2D eigenvalue weighted by atomic mass is 10.0. The largest absolute Gasteiger partial charge is 0.393 e. The summed E-state index contributed by atoms with van der Waals surface area (Å²) in [5.41, 5.74) is 1.24. The Morgan fingerprint density at radius 1 is 1.07 bits per heavy atom. The van der Waals surface area contributed by atoms with Crippen molar-refractivity contribution in [1.82, 2.24) is 0 Å². The van der Waals surface area contributed by atoms with Crippen molar-refractivity contribution < 1.29 is 10.2 Å². The first-order valence-electron chi connectivity index (χ1n) is 5.62. The molecule has 84 valence electrons. The average Bonchev–Trinajstić information content (AvgIpc) is 2.27. The number of hydrogen-bond donors (Lipinski definition) is 2. The molecule has 2 heteroatoms. The maximum atomic E-state index is 9.65. The molecular weight excluding hydrogens is 188 g/mol. The lowest BCUT2D eigenvalue weighted by molar-refractivity contribution is 0.0739. The van der Waals surface area contributed by atoms with Gasteiger partial charge in [0.2, 0.25) is 0 Å². The number of aryl methyl sites for hydroxylation is 1. The van der Waals surface area contributed by atoms with Crippen LogP contribution >= 0.6 is 0 Å². The van der Waals surface area contributed by atoms with E-state index in [0.717, 1.165) is 12.8 Å². The monoisotopic (exact) mass is 208 g/mol. The van der Waals surface area contributed by atoms with E-state index >= 15 is 0 Å². The first-order chi connectivity index (χ1) is 7.22. The van der Waals surface area contributed by atoms with Crippen molar-refractivity contribution >= 4 is 0 Å². The third-order valence-corrected chi connectivity index (χ3v) is 2.62. The molecule has 1 aromatic rings. The second-order valence-electron chi connectivity index (χ2n) is 3.98. The van der Waals surface area contributed by atoms with Gasteiger partial charge in [-0.15, -0.1) is 0 Å². The van der Waals surface area contributed by atoms with Gasteiger partial charge in [-0.25, -0.2) is 0 Å². The smallest absolute Gasteiger partial charge is 0.0568 e. The number of hydrogen-bond acceptors (Lipinski definition) is 2. The van der Waals surface area contributed by atoms with Gasteiger partial charge in [0.1, 0.15) is 0 Å². The van der Waals surface area contributed by atoms with Crippen molar-refractivity contribution in [1.29, 1.82) is 0 Å². The summed E-state index contributed by atoms with van der Waals surface area (Å²) in [5.74, 6) is 0. The predicted octanol–water partition coefficient (Wildman–Crippen LogP) is 2.14. The maximum absolute atomic E-state index is 9.65. The Morgan fingerprint density at radius 2 is 1.73 bits per heavy atom. The van der Waals surface area contributed by atoms with Crippen LogP contribution in [0.1, 0.15) is 31.7 Å². The van der Waals surface area contributed by atoms with Crippen molar-refractivity contribution in [3.05, 3.63) is 35.9 Å². The molecule has 0 amide bonds. The van der Waals surface area contributed by atoms with Crippen LogP contribution in [-0.4, -0.2) is 22.4 Å². The second kappa shape index (κ2) is 6.59. The van der Waals surface area contributed by atoms with Crippen molar-refractivity contribution in [2.45, 2.75) is 44.8 Å². The maximum Gasteiger partial charge on any atom is 0.0568 e. The van der Waals surface area contributed by atoms with E-state index in [1.165, 1.54) is 5.56 Å². The molecule has 0 fully saturated rings. The fourth-order valence-corrected chi connectivity index (χ4v) is 1.58. The van der Waals surface area contributed by atoms with Crippen LogP contribution < -0.4 is 0 Å². The quantitative estimate of drug-likeness (QED) is 0.752. The zero-order valence-corrected chi connectivity index (χ0v) is 9.26. The normalized spacial score (nSPS) is 14.9. The number of aliphatic hydroxyl groups is 2. The van der Waals surface area contributed by atoms with Crippen LogP contribution in [-0.2, 0) is 6.42 Å². The minimum atomic E-state index is -0.389. The summed E-state index contributed by atoms with van der Waals surface area (Å²) in [5, 5.41) is 19.0. The molecule has 0 aromatic heterocycles. The molecule has 2 unspecified atom stereocenters. The molecule has 0 saturated carbocycles. The summed E-state index contributed by atoms with van der Waals surface area (Å²) >= 11 is 0. The topological polar surface area (TPSA) is 40.5 Å². The molecular formula is C13H20O2. The molecule has 0 aliphatic carbocycles. The van der Waals surface area contributed by atoms with Crippen LogP contribution in [0.15, 0.2) is 30.3 Å². The van der Waals surface area contributed by atoms with Crippen LogP contribution in [0.5, 0.6) is 0 Å². The van der Waals surface area contributed by atoms with E-state index < -0.39 is 0 Å². The van der Waals surface area contributed by atoms with Gasteiger partial charge in [0.25, 0.3) is 0 Å². The highest BCUT2D eigenvalue weighted by molar-refractivity contribution is 5.14. The SMILES string of the molecule is CCC(O)CC(O)CCc1ccccc1. The molecule has 0 aliphatic rings. The van der Waals surface area contributed by atoms with Crippen molar-refractivity contribution in [2.75, 3.05) is 0 Å². The fraction of sp³-hybridized carbons (Fsp3) is 0.538. The summed E-state index contributed by atoms with van der Waals surface area (Å²) in [6.07, 6.45) is 2.04. The van der Waals surface area contributed by atoms with E-state index in [4.69, 9.17) is 0 Å².